The number of aromatic nitrogens is 1. The number of aliphatic carboxylic acids is 1. The Kier molecular flexibility index (Phi) is 13.7. The Balaban J connectivity index is 1.77. The fourth-order valence-electron chi connectivity index (χ4n) is 6.45. The first-order chi connectivity index (χ1) is 24.4. The maximum atomic E-state index is 15.9. The number of carboxylic acids is 1. The Morgan fingerprint density at radius 3 is 2.38 bits per heavy atom. The number of carboxylic acid groups (broad SMARTS) is 1. The van der Waals surface area contributed by atoms with Crippen LogP contribution in [0.15, 0.2) is 60.8 Å². The van der Waals surface area contributed by atoms with Crippen molar-refractivity contribution in [2.45, 2.75) is 71.3 Å². The third-order valence-corrected chi connectivity index (χ3v) is 11.3. The van der Waals surface area contributed by atoms with Crippen molar-refractivity contribution in [1.82, 2.24) is 19.7 Å². The van der Waals surface area contributed by atoms with Gasteiger partial charge in [0.1, 0.15) is 23.8 Å². The summed E-state index contributed by atoms with van der Waals surface area (Å²) >= 11 is 4.12. The number of nitrogens with one attached hydrogen (secondary N) is 1. The molecule has 52 heavy (non-hydrogen) atoms. The molecule has 1 fully saturated rings. The summed E-state index contributed by atoms with van der Waals surface area (Å²) in [5.74, 6) is -3.76. The number of carbonyl (C=O) groups is 3. The van der Waals surface area contributed by atoms with Gasteiger partial charge in [0.2, 0.25) is 5.91 Å². The number of ether oxygens (including phenoxy) is 1. The summed E-state index contributed by atoms with van der Waals surface area (Å²) in [7, 11) is -1.47. The molecule has 284 valence electrons. The second-order valence-corrected chi connectivity index (χ2v) is 21.8. The van der Waals surface area contributed by atoms with Crippen molar-refractivity contribution in [2.75, 3.05) is 38.5 Å². The van der Waals surface area contributed by atoms with E-state index >= 15 is 8.78 Å². The van der Waals surface area contributed by atoms with Gasteiger partial charge in [-0.3, -0.25) is 14.9 Å². The van der Waals surface area contributed by atoms with Gasteiger partial charge in [0.05, 0.1) is 25.7 Å². The number of carbonyl (C=O) groups excluding carboxylic acids is 2. The molecule has 2 N–H and O–H groups in total. The molecule has 1 saturated heterocycles. The second-order valence-electron chi connectivity index (χ2n) is 15.8. The van der Waals surface area contributed by atoms with Gasteiger partial charge in [0, 0.05) is 62.4 Å². The summed E-state index contributed by atoms with van der Waals surface area (Å²) < 4.78 is 52.9. The zero-order valence-corrected chi connectivity index (χ0v) is 32.6. The van der Waals surface area contributed by atoms with Gasteiger partial charge in [-0.15, -0.1) is 0 Å². The van der Waals surface area contributed by atoms with E-state index in [9.17, 15) is 23.9 Å². The zero-order valence-electron chi connectivity index (χ0n) is 30.7. The number of nitrogens with zero attached hydrogens (tertiary/aromatic N) is 3. The molecule has 1 aliphatic heterocycles. The summed E-state index contributed by atoms with van der Waals surface area (Å²) in [6.45, 7) is 12.2. The van der Waals surface area contributed by atoms with Gasteiger partial charge in [-0.25, -0.2) is 18.0 Å². The van der Waals surface area contributed by atoms with Crippen LogP contribution in [-0.4, -0.2) is 96.3 Å². The van der Waals surface area contributed by atoms with Gasteiger partial charge < -0.3 is 24.2 Å². The first-order valence-corrected chi connectivity index (χ1v) is 21.8. The molecule has 0 spiro atoms. The van der Waals surface area contributed by atoms with Crippen molar-refractivity contribution in [2.24, 2.45) is 11.3 Å². The minimum Gasteiger partial charge on any atom is -0.480 e. The molecule has 0 saturated carbocycles. The third kappa shape index (κ3) is 10.9. The van der Waals surface area contributed by atoms with E-state index in [1.807, 2.05) is 55.7 Å². The minimum atomic E-state index is -1.47. The first kappa shape index (κ1) is 41.0. The highest BCUT2D eigenvalue weighted by atomic mass is 32.1. The van der Waals surface area contributed by atoms with E-state index in [0.717, 1.165) is 29.8 Å². The number of likely N-dealkylation sites (tertiary alicyclic amines) is 1. The van der Waals surface area contributed by atoms with E-state index in [0.29, 0.717) is 17.8 Å². The quantitative estimate of drug-likeness (QED) is 0.113. The van der Waals surface area contributed by atoms with Gasteiger partial charge in [0.25, 0.3) is 0 Å². The van der Waals surface area contributed by atoms with Gasteiger partial charge >= 0.3 is 12.1 Å². The molecule has 2 heterocycles. The highest BCUT2D eigenvalue weighted by Crippen LogP contribution is 2.42. The smallest absolute Gasteiger partial charge is 0.409 e. The molecule has 9 nitrogen and oxygen atoms in total. The van der Waals surface area contributed by atoms with Gasteiger partial charge in [0.15, 0.2) is 0 Å². The van der Waals surface area contributed by atoms with Crippen molar-refractivity contribution in [3.05, 3.63) is 83.7 Å². The van der Waals surface area contributed by atoms with Gasteiger partial charge in [-0.2, -0.15) is 12.6 Å². The topological polar surface area (TPSA) is 104 Å². The average molecular weight is 761 g/mol. The molecule has 1 aromatic heterocycles. The van der Waals surface area contributed by atoms with Crippen molar-refractivity contribution in [3.8, 4) is 11.1 Å². The lowest BCUT2D eigenvalue weighted by Gasteiger charge is -2.42. The fraction of sp³-hybridized carbons (Fsp3) is 0.500. The normalized spacial score (nSPS) is 17.5. The van der Waals surface area contributed by atoms with E-state index in [1.54, 1.807) is 12.3 Å². The predicted molar refractivity (Wildman–Crippen MR) is 202 cm³/mol. The van der Waals surface area contributed by atoms with Crippen LogP contribution < -0.4 is 5.32 Å². The number of thiol groups is 1. The average Bonchev–Trinajstić information content (AvgIpc) is 3.63. The summed E-state index contributed by atoms with van der Waals surface area (Å²) in [5, 5.41) is 12.4. The van der Waals surface area contributed by atoms with Crippen LogP contribution in [0.2, 0.25) is 25.7 Å². The van der Waals surface area contributed by atoms with Crippen molar-refractivity contribution >= 4 is 38.7 Å². The number of alkyl halides is 1. The van der Waals surface area contributed by atoms with E-state index in [4.69, 9.17) is 4.74 Å². The van der Waals surface area contributed by atoms with Crippen molar-refractivity contribution in [1.29, 1.82) is 0 Å². The van der Waals surface area contributed by atoms with Gasteiger partial charge in [-0.1, -0.05) is 70.7 Å². The van der Waals surface area contributed by atoms with Crippen molar-refractivity contribution in [3.63, 3.8) is 0 Å². The first-order valence-electron chi connectivity index (χ1n) is 17.5. The fourth-order valence-corrected chi connectivity index (χ4v) is 7.45. The van der Waals surface area contributed by atoms with Crippen LogP contribution in [-0.2, 0) is 20.9 Å². The Labute approximate surface area is 310 Å². The molecule has 1 aliphatic rings. The summed E-state index contributed by atoms with van der Waals surface area (Å²) in [4.78, 5) is 42.0. The second kappa shape index (κ2) is 17.4. The monoisotopic (exact) mass is 760 g/mol. The molecule has 14 heteroatoms. The lowest BCUT2D eigenvalue weighted by Crippen LogP contribution is -2.51. The number of halogens is 3. The van der Waals surface area contributed by atoms with Crippen molar-refractivity contribution < 1.29 is 37.4 Å². The minimum absolute atomic E-state index is 0.0141. The maximum Gasteiger partial charge on any atom is 0.409 e. The summed E-state index contributed by atoms with van der Waals surface area (Å²) in [6, 6.07) is 13.3. The lowest BCUT2D eigenvalue weighted by atomic mass is 9.82. The van der Waals surface area contributed by atoms with E-state index in [1.165, 1.54) is 9.80 Å². The van der Waals surface area contributed by atoms with Crippen LogP contribution in [0.4, 0.5) is 18.0 Å². The number of hydrogen-bond acceptors (Lipinski definition) is 6. The largest absolute Gasteiger partial charge is 0.480 e. The van der Waals surface area contributed by atoms with E-state index in [-0.39, 0.29) is 44.1 Å². The van der Waals surface area contributed by atoms with Crippen LogP contribution in [0.25, 0.3) is 11.1 Å². The molecule has 2 aromatic carbocycles. The lowest BCUT2D eigenvalue weighted by molar-refractivity contribution is -0.140. The number of benzene rings is 2. The Morgan fingerprint density at radius 1 is 1.08 bits per heavy atom. The van der Waals surface area contributed by atoms with Crippen LogP contribution in [0.5, 0.6) is 0 Å². The molecule has 0 radical (unpaired) electrons. The molecule has 0 unspecified atom stereocenters. The SMILES string of the molecule is CC(C)(C)[C@H](c1cc(-c2cc(F)ccc2F)cn1Cc1ccccc1)N(C[C@@H]1CN(C(=O)OCC[Si](C)(C)C)C[C@@H]1F)C(=O)CN[C@@H](CS)C(=O)O. The number of hydrogen-bond donors (Lipinski definition) is 3. The molecule has 2 amide bonds. The third-order valence-electron chi connectivity index (χ3n) is 9.21. The number of rotatable bonds is 15. The van der Waals surface area contributed by atoms with Crippen LogP contribution >= 0.6 is 12.6 Å². The highest BCUT2D eigenvalue weighted by Gasteiger charge is 2.43. The Morgan fingerprint density at radius 2 is 1.77 bits per heavy atom. The highest BCUT2D eigenvalue weighted by molar-refractivity contribution is 7.80. The van der Waals surface area contributed by atoms with E-state index in [2.05, 4.69) is 37.6 Å². The number of amides is 2. The molecule has 0 bridgehead atoms. The predicted octanol–water partition coefficient (Wildman–Crippen LogP) is 7.11. The molecule has 3 aromatic rings. The Hall–Kier alpha value is -3.75. The maximum absolute atomic E-state index is 15.9. The molecule has 4 atom stereocenters. The Bertz CT molecular complexity index is 1700. The molecular weight excluding hydrogens is 710 g/mol. The van der Waals surface area contributed by atoms with Crippen LogP contribution in [0, 0.1) is 23.0 Å². The standard InChI is InChI=1S/C38H51F3N4O5SSi/c1-38(2,3)35(33-16-26(29-17-28(39)12-13-30(29)40)20-43(33)19-25-10-8-7-9-11-25)45(34(46)18-42-32(24-51)36(47)48)22-27-21-44(23-31(27)41)37(49)50-14-15-52(4,5)6/h7-13,16-17,20,27,31-32,35,42,51H,14-15,18-19,21-24H2,1-6H3,(H,47,48)/t27-,31-,32-,35-/m0/s1. The zero-order chi connectivity index (χ0) is 38.4. The van der Waals surface area contributed by atoms with Crippen LogP contribution in [0.3, 0.4) is 0 Å². The molecular formula is C38H51F3N4O5SSi. The van der Waals surface area contributed by atoms with E-state index < -0.39 is 67.3 Å². The molecule has 4 rings (SSSR count). The van der Waals surface area contributed by atoms with Crippen LogP contribution in [0.1, 0.15) is 38.1 Å². The molecule has 0 aliphatic carbocycles. The summed E-state index contributed by atoms with van der Waals surface area (Å²) in [5.41, 5.74) is 1.22. The summed E-state index contributed by atoms with van der Waals surface area (Å²) in [6.07, 6.45) is -0.357. The van der Waals surface area contributed by atoms with Gasteiger partial charge in [-0.05, 0) is 41.3 Å².